The molecule has 0 aromatic heterocycles. The highest BCUT2D eigenvalue weighted by Crippen LogP contribution is 2.16. The highest BCUT2D eigenvalue weighted by atomic mass is 35.5. The smallest absolute Gasteiger partial charge is 0.227 e. The lowest BCUT2D eigenvalue weighted by Crippen LogP contribution is -2.50. The fourth-order valence-electron chi connectivity index (χ4n) is 3.54. The van der Waals surface area contributed by atoms with Crippen LogP contribution in [0, 0.1) is 5.92 Å². The van der Waals surface area contributed by atoms with Crippen molar-refractivity contribution in [2.45, 2.75) is 19.3 Å². The summed E-state index contributed by atoms with van der Waals surface area (Å²) in [7, 11) is 0. The van der Waals surface area contributed by atoms with Crippen LogP contribution in [0.1, 0.15) is 18.4 Å². The molecule has 4 nitrogen and oxygen atoms in total. The van der Waals surface area contributed by atoms with Crippen molar-refractivity contribution in [3.8, 4) is 0 Å². The first-order valence-corrected chi connectivity index (χ1v) is 9.04. The number of halogens is 2. The Labute approximate surface area is 155 Å². The molecule has 2 fully saturated rings. The molecule has 0 atom stereocenters. The van der Waals surface area contributed by atoms with Crippen LogP contribution in [0.25, 0.3) is 0 Å². The zero-order valence-corrected chi connectivity index (χ0v) is 15.6. The Morgan fingerprint density at radius 3 is 2.54 bits per heavy atom. The van der Waals surface area contributed by atoms with E-state index in [4.69, 9.17) is 11.6 Å². The summed E-state index contributed by atoms with van der Waals surface area (Å²) in [6.07, 6.45) is 3.02. The Hall–Kier alpha value is -0.810. The summed E-state index contributed by atoms with van der Waals surface area (Å²) in [5.74, 6) is 1.04. The molecule has 0 spiro atoms. The van der Waals surface area contributed by atoms with Crippen molar-refractivity contribution in [3.05, 3.63) is 34.9 Å². The zero-order valence-electron chi connectivity index (χ0n) is 14.0. The first-order chi connectivity index (χ1) is 11.2. The van der Waals surface area contributed by atoms with E-state index in [1.807, 2.05) is 29.2 Å². The van der Waals surface area contributed by atoms with Gasteiger partial charge in [0.05, 0.1) is 6.42 Å². The number of nitrogens with zero attached hydrogens (tertiary/aromatic N) is 2. The molecule has 0 unspecified atom stereocenters. The van der Waals surface area contributed by atoms with E-state index in [1.165, 1.54) is 19.4 Å². The fourth-order valence-corrected chi connectivity index (χ4v) is 3.76. The molecule has 1 aromatic carbocycles. The number of hydrogen-bond acceptors (Lipinski definition) is 3. The first kappa shape index (κ1) is 19.5. The molecule has 1 N–H and O–H groups in total. The maximum atomic E-state index is 12.4. The summed E-state index contributed by atoms with van der Waals surface area (Å²) in [5, 5.41) is 4.12. The molecule has 24 heavy (non-hydrogen) atoms. The predicted molar refractivity (Wildman–Crippen MR) is 101 cm³/mol. The van der Waals surface area contributed by atoms with Crippen molar-refractivity contribution in [2.24, 2.45) is 5.92 Å². The van der Waals surface area contributed by atoms with Crippen LogP contribution in [0.5, 0.6) is 0 Å². The minimum atomic E-state index is 0. The van der Waals surface area contributed by atoms with Crippen LogP contribution in [0.3, 0.4) is 0 Å². The van der Waals surface area contributed by atoms with Gasteiger partial charge in [-0.25, -0.2) is 0 Å². The van der Waals surface area contributed by atoms with Gasteiger partial charge in [0.25, 0.3) is 0 Å². The molecule has 1 amide bonds. The number of carbonyl (C=O) groups is 1. The molecule has 0 bridgehead atoms. The van der Waals surface area contributed by atoms with Gasteiger partial charge in [0.15, 0.2) is 0 Å². The summed E-state index contributed by atoms with van der Waals surface area (Å²) >= 11 is 5.99. The summed E-state index contributed by atoms with van der Waals surface area (Å²) < 4.78 is 0. The second kappa shape index (κ2) is 9.62. The largest absolute Gasteiger partial charge is 0.340 e. The Balaban J connectivity index is 0.00000208. The summed E-state index contributed by atoms with van der Waals surface area (Å²) in [6.45, 7) is 7.22. The molecule has 2 aliphatic heterocycles. The van der Waals surface area contributed by atoms with Crippen LogP contribution >= 0.6 is 24.0 Å². The summed E-state index contributed by atoms with van der Waals surface area (Å²) in [5.41, 5.74) is 1.000. The molecule has 2 aliphatic rings. The molecule has 0 aliphatic carbocycles. The van der Waals surface area contributed by atoms with Crippen molar-refractivity contribution in [2.75, 3.05) is 45.8 Å². The normalized spacial score (nSPS) is 19.8. The quantitative estimate of drug-likeness (QED) is 0.882. The molecule has 1 aromatic rings. The van der Waals surface area contributed by atoms with E-state index in [1.54, 1.807) is 0 Å². The van der Waals surface area contributed by atoms with E-state index in [9.17, 15) is 4.79 Å². The molecule has 6 heteroatoms. The second-order valence-corrected chi connectivity index (χ2v) is 7.12. The SMILES string of the molecule is Cl.O=C(Cc1cccc(Cl)c1)N1CCN(CC2CCNCC2)CC1. The number of piperidine rings is 1. The minimum absolute atomic E-state index is 0. The van der Waals surface area contributed by atoms with Gasteiger partial charge in [-0.15, -0.1) is 12.4 Å². The van der Waals surface area contributed by atoms with Gasteiger partial charge < -0.3 is 10.2 Å². The van der Waals surface area contributed by atoms with Gasteiger partial charge in [0, 0.05) is 37.7 Å². The lowest BCUT2D eigenvalue weighted by Gasteiger charge is -2.37. The van der Waals surface area contributed by atoms with Gasteiger partial charge >= 0.3 is 0 Å². The molecule has 0 saturated carbocycles. The van der Waals surface area contributed by atoms with Crippen molar-refractivity contribution in [1.82, 2.24) is 15.1 Å². The molecular formula is C18H27Cl2N3O. The van der Waals surface area contributed by atoms with Crippen LogP contribution in [-0.2, 0) is 11.2 Å². The fraction of sp³-hybridized carbons (Fsp3) is 0.611. The Morgan fingerprint density at radius 2 is 1.88 bits per heavy atom. The minimum Gasteiger partial charge on any atom is -0.340 e. The van der Waals surface area contributed by atoms with Gasteiger partial charge in [-0.05, 0) is 49.5 Å². The van der Waals surface area contributed by atoms with Crippen LogP contribution in [0.2, 0.25) is 5.02 Å². The Morgan fingerprint density at radius 1 is 1.17 bits per heavy atom. The second-order valence-electron chi connectivity index (χ2n) is 6.68. The number of amides is 1. The van der Waals surface area contributed by atoms with E-state index < -0.39 is 0 Å². The highest BCUT2D eigenvalue weighted by Gasteiger charge is 2.23. The third-order valence-electron chi connectivity index (χ3n) is 4.94. The lowest BCUT2D eigenvalue weighted by molar-refractivity contribution is -0.132. The van der Waals surface area contributed by atoms with E-state index >= 15 is 0 Å². The summed E-state index contributed by atoms with van der Waals surface area (Å²) in [6, 6.07) is 7.60. The molecular weight excluding hydrogens is 345 g/mol. The van der Waals surface area contributed by atoms with Gasteiger partial charge in [0.2, 0.25) is 5.91 Å². The van der Waals surface area contributed by atoms with Crippen molar-refractivity contribution < 1.29 is 4.79 Å². The van der Waals surface area contributed by atoms with E-state index in [0.717, 1.165) is 50.7 Å². The number of hydrogen-bond donors (Lipinski definition) is 1. The third kappa shape index (κ3) is 5.62. The van der Waals surface area contributed by atoms with Crippen LogP contribution in [0.4, 0.5) is 0 Å². The topological polar surface area (TPSA) is 35.6 Å². The third-order valence-corrected chi connectivity index (χ3v) is 5.18. The van der Waals surface area contributed by atoms with Crippen LogP contribution in [0.15, 0.2) is 24.3 Å². The summed E-state index contributed by atoms with van der Waals surface area (Å²) in [4.78, 5) is 17.0. The van der Waals surface area contributed by atoms with Gasteiger partial charge in [-0.1, -0.05) is 23.7 Å². The standard InChI is InChI=1S/C18H26ClN3O.ClH/c19-17-3-1-2-16(12-17)13-18(23)22-10-8-21(9-11-22)14-15-4-6-20-7-5-15;/h1-3,12,15,20H,4-11,13-14H2;1H. The van der Waals surface area contributed by atoms with Gasteiger partial charge in [0.1, 0.15) is 0 Å². The zero-order chi connectivity index (χ0) is 16.1. The maximum Gasteiger partial charge on any atom is 0.227 e. The first-order valence-electron chi connectivity index (χ1n) is 8.66. The average molecular weight is 372 g/mol. The highest BCUT2D eigenvalue weighted by molar-refractivity contribution is 6.30. The van der Waals surface area contributed by atoms with Crippen molar-refractivity contribution >= 4 is 29.9 Å². The van der Waals surface area contributed by atoms with Crippen LogP contribution < -0.4 is 5.32 Å². The van der Waals surface area contributed by atoms with Gasteiger partial charge in [-0.3, -0.25) is 9.69 Å². The molecule has 134 valence electrons. The Bertz CT molecular complexity index is 527. The average Bonchev–Trinajstić information content (AvgIpc) is 2.56. The van der Waals surface area contributed by atoms with E-state index in [-0.39, 0.29) is 18.3 Å². The molecule has 0 radical (unpaired) electrons. The van der Waals surface area contributed by atoms with E-state index in [2.05, 4.69) is 10.2 Å². The molecule has 2 heterocycles. The van der Waals surface area contributed by atoms with Crippen LogP contribution in [-0.4, -0.2) is 61.5 Å². The number of piperazine rings is 1. The van der Waals surface area contributed by atoms with Crippen molar-refractivity contribution in [1.29, 1.82) is 0 Å². The lowest BCUT2D eigenvalue weighted by atomic mass is 9.97. The predicted octanol–water partition coefficient (Wildman–Crippen LogP) is 2.45. The Kier molecular flexibility index (Phi) is 7.82. The van der Waals surface area contributed by atoms with Gasteiger partial charge in [-0.2, -0.15) is 0 Å². The number of carbonyl (C=O) groups excluding carboxylic acids is 1. The van der Waals surface area contributed by atoms with E-state index in [0.29, 0.717) is 11.4 Å². The maximum absolute atomic E-state index is 12.4. The monoisotopic (exact) mass is 371 g/mol. The number of benzene rings is 1. The van der Waals surface area contributed by atoms with Crippen molar-refractivity contribution in [3.63, 3.8) is 0 Å². The molecule has 2 saturated heterocycles. The number of nitrogens with one attached hydrogen (secondary N) is 1. The molecule has 3 rings (SSSR count). The number of rotatable bonds is 4.